The van der Waals surface area contributed by atoms with Gasteiger partial charge in [-0.3, -0.25) is 0 Å². The van der Waals surface area contributed by atoms with Crippen molar-refractivity contribution in [2.75, 3.05) is 33.9 Å². The molecule has 88 valence electrons. The molecule has 0 unspecified atom stereocenters. The van der Waals surface area contributed by atoms with Gasteiger partial charge in [-0.05, 0) is 31.7 Å². The Morgan fingerprint density at radius 1 is 1.53 bits per heavy atom. The SMILES string of the molecule is COCCCN(C)CC1(CC(N)=S)CC1. The van der Waals surface area contributed by atoms with Crippen molar-refractivity contribution in [2.45, 2.75) is 25.7 Å². The third-order valence-corrected chi connectivity index (χ3v) is 3.14. The van der Waals surface area contributed by atoms with Gasteiger partial charge in [0.15, 0.2) is 0 Å². The van der Waals surface area contributed by atoms with E-state index in [1.807, 2.05) is 0 Å². The summed E-state index contributed by atoms with van der Waals surface area (Å²) >= 11 is 4.98. The Hall–Kier alpha value is -0.190. The van der Waals surface area contributed by atoms with Gasteiger partial charge in [0.05, 0.1) is 4.99 Å². The van der Waals surface area contributed by atoms with Gasteiger partial charge in [-0.1, -0.05) is 12.2 Å². The number of ether oxygens (including phenoxy) is 1. The lowest BCUT2D eigenvalue weighted by Crippen LogP contribution is -2.30. The molecule has 3 nitrogen and oxygen atoms in total. The summed E-state index contributed by atoms with van der Waals surface area (Å²) in [6.45, 7) is 3.05. The first-order valence-corrected chi connectivity index (χ1v) is 5.95. The highest BCUT2D eigenvalue weighted by atomic mass is 32.1. The molecule has 0 amide bonds. The minimum atomic E-state index is 0.410. The fourth-order valence-corrected chi connectivity index (χ4v) is 2.37. The van der Waals surface area contributed by atoms with Gasteiger partial charge in [0, 0.05) is 33.2 Å². The summed E-state index contributed by atoms with van der Waals surface area (Å²) in [5, 5.41) is 0. The average molecular weight is 230 g/mol. The fourth-order valence-electron chi connectivity index (χ4n) is 2.07. The van der Waals surface area contributed by atoms with Crippen molar-refractivity contribution in [1.29, 1.82) is 0 Å². The zero-order valence-electron chi connectivity index (χ0n) is 9.79. The van der Waals surface area contributed by atoms with Crippen LogP contribution in [0.5, 0.6) is 0 Å². The van der Waals surface area contributed by atoms with E-state index in [1.165, 1.54) is 12.8 Å². The zero-order valence-corrected chi connectivity index (χ0v) is 10.6. The molecule has 0 heterocycles. The minimum Gasteiger partial charge on any atom is -0.393 e. The van der Waals surface area contributed by atoms with Gasteiger partial charge in [0.2, 0.25) is 0 Å². The number of hydrogen-bond donors (Lipinski definition) is 1. The van der Waals surface area contributed by atoms with Gasteiger partial charge in [0.1, 0.15) is 0 Å². The molecule has 2 N–H and O–H groups in total. The van der Waals surface area contributed by atoms with Crippen LogP contribution in [0, 0.1) is 5.41 Å². The standard InChI is InChI=1S/C11H22N2OS/c1-13(6-3-7-14-2)9-11(4-5-11)8-10(12)15/h3-9H2,1-2H3,(H2,12,15). The first-order chi connectivity index (χ1) is 7.08. The molecule has 1 saturated carbocycles. The van der Waals surface area contributed by atoms with Crippen LogP contribution in [0.4, 0.5) is 0 Å². The Kier molecular flexibility index (Phi) is 4.96. The first-order valence-electron chi connectivity index (χ1n) is 5.54. The van der Waals surface area contributed by atoms with Crippen LogP contribution in [-0.2, 0) is 4.74 Å². The largest absolute Gasteiger partial charge is 0.393 e. The molecule has 0 radical (unpaired) electrons. The number of methoxy groups -OCH3 is 1. The third-order valence-electron chi connectivity index (χ3n) is 3.00. The minimum absolute atomic E-state index is 0.410. The summed E-state index contributed by atoms with van der Waals surface area (Å²) < 4.78 is 5.04. The lowest BCUT2D eigenvalue weighted by molar-refractivity contribution is 0.172. The number of hydrogen-bond acceptors (Lipinski definition) is 3. The smallest absolute Gasteiger partial charge is 0.0733 e. The van der Waals surface area contributed by atoms with E-state index >= 15 is 0 Å². The van der Waals surface area contributed by atoms with Crippen LogP contribution in [0.15, 0.2) is 0 Å². The maximum atomic E-state index is 5.61. The highest BCUT2D eigenvalue weighted by Gasteiger charge is 2.43. The molecule has 1 rings (SSSR count). The number of nitrogens with zero attached hydrogens (tertiary/aromatic N) is 1. The Morgan fingerprint density at radius 2 is 2.20 bits per heavy atom. The van der Waals surface area contributed by atoms with Crippen molar-refractivity contribution in [2.24, 2.45) is 11.1 Å². The molecule has 0 bridgehead atoms. The van der Waals surface area contributed by atoms with Crippen LogP contribution >= 0.6 is 12.2 Å². The van der Waals surface area contributed by atoms with Gasteiger partial charge in [-0.25, -0.2) is 0 Å². The topological polar surface area (TPSA) is 38.5 Å². The molecule has 1 aliphatic carbocycles. The number of nitrogens with two attached hydrogens (primary N) is 1. The van der Waals surface area contributed by atoms with Gasteiger partial charge in [-0.15, -0.1) is 0 Å². The second-order valence-electron chi connectivity index (χ2n) is 4.73. The molecular weight excluding hydrogens is 208 g/mol. The summed E-state index contributed by atoms with van der Waals surface area (Å²) in [5.74, 6) is 0. The van der Waals surface area contributed by atoms with Crippen LogP contribution in [0.2, 0.25) is 0 Å². The molecule has 0 aliphatic heterocycles. The molecule has 1 fully saturated rings. The lowest BCUT2D eigenvalue weighted by Gasteiger charge is -2.23. The molecule has 0 aromatic heterocycles. The Bertz CT molecular complexity index is 217. The van der Waals surface area contributed by atoms with E-state index in [2.05, 4.69) is 11.9 Å². The van der Waals surface area contributed by atoms with Gasteiger partial charge in [-0.2, -0.15) is 0 Å². The lowest BCUT2D eigenvalue weighted by atomic mass is 10.0. The first kappa shape index (κ1) is 12.9. The van der Waals surface area contributed by atoms with E-state index in [0.29, 0.717) is 10.4 Å². The van der Waals surface area contributed by atoms with Crippen molar-refractivity contribution in [1.82, 2.24) is 4.90 Å². The van der Waals surface area contributed by atoms with Crippen LogP contribution in [0.1, 0.15) is 25.7 Å². The van der Waals surface area contributed by atoms with Crippen molar-refractivity contribution >= 4 is 17.2 Å². The second kappa shape index (κ2) is 5.77. The highest BCUT2D eigenvalue weighted by Crippen LogP contribution is 2.49. The number of rotatable bonds is 8. The predicted molar refractivity (Wildman–Crippen MR) is 67.1 cm³/mol. The summed E-state index contributed by atoms with van der Waals surface area (Å²) in [6, 6.07) is 0. The highest BCUT2D eigenvalue weighted by molar-refractivity contribution is 7.80. The zero-order chi connectivity index (χ0) is 11.3. The molecule has 15 heavy (non-hydrogen) atoms. The third kappa shape index (κ3) is 4.91. The molecular formula is C11H22N2OS. The van der Waals surface area contributed by atoms with Crippen molar-refractivity contribution in [3.8, 4) is 0 Å². The van der Waals surface area contributed by atoms with E-state index in [9.17, 15) is 0 Å². The second-order valence-corrected chi connectivity index (χ2v) is 5.25. The Morgan fingerprint density at radius 3 is 2.67 bits per heavy atom. The molecule has 0 aromatic rings. The van der Waals surface area contributed by atoms with E-state index in [1.54, 1.807) is 7.11 Å². The van der Waals surface area contributed by atoms with E-state index in [0.717, 1.165) is 32.5 Å². The Labute approximate surface area is 98.0 Å². The van der Waals surface area contributed by atoms with Crippen LogP contribution in [0.3, 0.4) is 0 Å². The molecule has 0 saturated heterocycles. The summed E-state index contributed by atoms with van der Waals surface area (Å²) in [7, 11) is 3.91. The van der Waals surface area contributed by atoms with Gasteiger partial charge < -0.3 is 15.4 Å². The van der Waals surface area contributed by atoms with Crippen molar-refractivity contribution in [3.05, 3.63) is 0 Å². The average Bonchev–Trinajstić information content (AvgIpc) is 2.83. The maximum absolute atomic E-state index is 5.61. The van der Waals surface area contributed by atoms with E-state index in [-0.39, 0.29) is 0 Å². The van der Waals surface area contributed by atoms with Crippen LogP contribution in [0.25, 0.3) is 0 Å². The summed E-state index contributed by atoms with van der Waals surface area (Å²) in [5.41, 5.74) is 6.02. The van der Waals surface area contributed by atoms with Crippen molar-refractivity contribution < 1.29 is 4.74 Å². The van der Waals surface area contributed by atoms with Gasteiger partial charge in [0.25, 0.3) is 0 Å². The van der Waals surface area contributed by atoms with Crippen LogP contribution in [-0.4, -0.2) is 43.7 Å². The molecule has 0 spiro atoms. The normalized spacial score (nSPS) is 18.1. The van der Waals surface area contributed by atoms with Crippen molar-refractivity contribution in [3.63, 3.8) is 0 Å². The van der Waals surface area contributed by atoms with Gasteiger partial charge >= 0.3 is 0 Å². The molecule has 0 aromatic carbocycles. The Balaban J connectivity index is 2.19. The number of thiocarbonyl (C=S) groups is 1. The monoisotopic (exact) mass is 230 g/mol. The van der Waals surface area contributed by atoms with E-state index < -0.39 is 0 Å². The molecule has 1 aliphatic rings. The maximum Gasteiger partial charge on any atom is 0.0733 e. The quantitative estimate of drug-likeness (QED) is 0.505. The summed E-state index contributed by atoms with van der Waals surface area (Å²) in [4.78, 5) is 3.03. The predicted octanol–water partition coefficient (Wildman–Crippen LogP) is 1.41. The fraction of sp³-hybridized carbons (Fsp3) is 0.909. The van der Waals surface area contributed by atoms with Crippen LogP contribution < -0.4 is 5.73 Å². The van der Waals surface area contributed by atoms with E-state index in [4.69, 9.17) is 22.7 Å². The summed E-state index contributed by atoms with van der Waals surface area (Å²) in [6.07, 6.45) is 4.56. The molecule has 0 atom stereocenters. The molecule has 4 heteroatoms.